The van der Waals surface area contributed by atoms with E-state index in [0.717, 1.165) is 29.8 Å². The van der Waals surface area contributed by atoms with Gasteiger partial charge in [-0.1, -0.05) is 51.5 Å². The topological polar surface area (TPSA) is 55.1 Å². The van der Waals surface area contributed by atoms with E-state index in [2.05, 4.69) is 12.2 Å². The van der Waals surface area contributed by atoms with Crippen molar-refractivity contribution in [2.75, 3.05) is 11.1 Å². The number of anilines is 2. The second-order valence-corrected chi connectivity index (χ2v) is 5.49. The van der Waals surface area contributed by atoms with Crippen LogP contribution in [-0.2, 0) is 4.79 Å². The molecule has 0 saturated heterocycles. The van der Waals surface area contributed by atoms with Gasteiger partial charge in [-0.3, -0.25) is 4.79 Å². The summed E-state index contributed by atoms with van der Waals surface area (Å²) in [7, 11) is 0. The minimum atomic E-state index is 0.0850. The molecule has 3 heteroatoms. The van der Waals surface area contributed by atoms with Gasteiger partial charge in [-0.15, -0.1) is 0 Å². The number of nitrogens with two attached hydrogens (primary N) is 1. The fraction of sp³-hybridized carbons (Fsp3) is 0.588. The zero-order valence-electron chi connectivity index (χ0n) is 12.9. The predicted octanol–water partition coefficient (Wildman–Crippen LogP) is 4.66. The molecule has 20 heavy (non-hydrogen) atoms. The highest BCUT2D eigenvalue weighted by atomic mass is 16.1. The highest BCUT2D eigenvalue weighted by Crippen LogP contribution is 2.17. The van der Waals surface area contributed by atoms with Crippen molar-refractivity contribution in [1.82, 2.24) is 0 Å². The lowest BCUT2D eigenvalue weighted by molar-refractivity contribution is -0.116. The summed E-state index contributed by atoms with van der Waals surface area (Å²) in [5.74, 6) is 0.0850. The lowest BCUT2D eigenvalue weighted by Crippen LogP contribution is -2.11. The summed E-state index contributed by atoms with van der Waals surface area (Å²) in [6.45, 7) is 4.18. The Labute approximate surface area is 122 Å². The van der Waals surface area contributed by atoms with Crippen LogP contribution in [-0.4, -0.2) is 5.91 Å². The molecule has 0 aromatic heterocycles. The molecule has 0 aliphatic heterocycles. The van der Waals surface area contributed by atoms with Crippen molar-refractivity contribution in [3.63, 3.8) is 0 Å². The Hall–Kier alpha value is -1.51. The molecule has 1 aromatic rings. The maximum Gasteiger partial charge on any atom is 0.224 e. The van der Waals surface area contributed by atoms with Gasteiger partial charge in [0.05, 0.1) is 0 Å². The van der Waals surface area contributed by atoms with Crippen LogP contribution in [0.3, 0.4) is 0 Å². The molecule has 1 rings (SSSR count). The zero-order valence-corrected chi connectivity index (χ0v) is 12.9. The Morgan fingerprint density at radius 2 is 1.75 bits per heavy atom. The molecular formula is C17H28N2O. The number of amides is 1. The second-order valence-electron chi connectivity index (χ2n) is 5.49. The summed E-state index contributed by atoms with van der Waals surface area (Å²) in [6, 6.07) is 5.64. The lowest BCUT2D eigenvalue weighted by atomic mass is 10.1. The van der Waals surface area contributed by atoms with Crippen LogP contribution in [0.25, 0.3) is 0 Å². The van der Waals surface area contributed by atoms with Crippen LogP contribution in [0, 0.1) is 6.92 Å². The zero-order chi connectivity index (χ0) is 14.8. The maximum absolute atomic E-state index is 11.8. The molecule has 3 nitrogen and oxygen atoms in total. The van der Waals surface area contributed by atoms with Crippen molar-refractivity contribution in [3.8, 4) is 0 Å². The summed E-state index contributed by atoms with van der Waals surface area (Å²) in [5, 5.41) is 2.90. The first-order valence-corrected chi connectivity index (χ1v) is 7.79. The molecule has 3 N–H and O–H groups in total. The number of rotatable bonds is 9. The van der Waals surface area contributed by atoms with Gasteiger partial charge >= 0.3 is 0 Å². The number of benzene rings is 1. The summed E-state index contributed by atoms with van der Waals surface area (Å²) >= 11 is 0. The predicted molar refractivity (Wildman–Crippen MR) is 86.8 cm³/mol. The minimum absolute atomic E-state index is 0.0850. The summed E-state index contributed by atoms with van der Waals surface area (Å²) < 4.78 is 0. The molecule has 0 bridgehead atoms. The minimum Gasteiger partial charge on any atom is -0.398 e. The van der Waals surface area contributed by atoms with Crippen LogP contribution >= 0.6 is 0 Å². The second kappa shape index (κ2) is 9.40. The van der Waals surface area contributed by atoms with Crippen molar-refractivity contribution in [2.45, 2.75) is 65.2 Å². The first-order valence-electron chi connectivity index (χ1n) is 7.79. The summed E-state index contributed by atoms with van der Waals surface area (Å²) in [6.07, 6.45) is 9.19. The highest BCUT2D eigenvalue weighted by Gasteiger charge is 2.03. The van der Waals surface area contributed by atoms with E-state index < -0.39 is 0 Å². The molecule has 112 valence electrons. The van der Waals surface area contributed by atoms with E-state index in [4.69, 9.17) is 5.73 Å². The number of carbonyl (C=O) groups is 1. The highest BCUT2D eigenvalue weighted by molar-refractivity contribution is 5.91. The number of carbonyl (C=O) groups excluding carboxylic acids is 1. The van der Waals surface area contributed by atoms with Crippen LogP contribution in [0.5, 0.6) is 0 Å². The largest absolute Gasteiger partial charge is 0.398 e. The molecule has 0 aliphatic rings. The Morgan fingerprint density at radius 1 is 1.10 bits per heavy atom. The molecular weight excluding hydrogens is 248 g/mol. The van der Waals surface area contributed by atoms with Crippen molar-refractivity contribution in [3.05, 3.63) is 23.8 Å². The molecule has 1 amide bonds. The molecule has 0 heterocycles. The molecule has 0 radical (unpaired) electrons. The van der Waals surface area contributed by atoms with Gasteiger partial charge in [-0.05, 0) is 31.0 Å². The van der Waals surface area contributed by atoms with Gasteiger partial charge < -0.3 is 11.1 Å². The van der Waals surface area contributed by atoms with Crippen molar-refractivity contribution in [2.24, 2.45) is 0 Å². The average Bonchev–Trinajstić information content (AvgIpc) is 2.42. The van der Waals surface area contributed by atoms with Gasteiger partial charge in [-0.2, -0.15) is 0 Å². The molecule has 0 atom stereocenters. The normalized spacial score (nSPS) is 10.5. The van der Waals surface area contributed by atoms with Gasteiger partial charge in [0.15, 0.2) is 0 Å². The fourth-order valence-corrected chi connectivity index (χ4v) is 2.18. The molecule has 0 spiro atoms. The van der Waals surface area contributed by atoms with Crippen molar-refractivity contribution < 1.29 is 4.79 Å². The summed E-state index contributed by atoms with van der Waals surface area (Å²) in [5.41, 5.74) is 8.38. The van der Waals surface area contributed by atoms with E-state index in [1.807, 2.05) is 25.1 Å². The number of aryl methyl sites for hydroxylation is 1. The van der Waals surface area contributed by atoms with E-state index in [1.54, 1.807) is 0 Å². The Morgan fingerprint density at radius 3 is 2.40 bits per heavy atom. The van der Waals surface area contributed by atoms with E-state index in [0.29, 0.717) is 6.42 Å². The van der Waals surface area contributed by atoms with E-state index in [1.165, 1.54) is 32.1 Å². The van der Waals surface area contributed by atoms with Crippen LogP contribution in [0.15, 0.2) is 18.2 Å². The third-order valence-corrected chi connectivity index (χ3v) is 3.57. The summed E-state index contributed by atoms with van der Waals surface area (Å²) in [4.78, 5) is 11.8. The molecule has 1 aromatic carbocycles. The standard InChI is InChI=1S/C17H28N2O/c1-3-4-5-6-7-8-9-10-17(20)19-15-12-11-14(2)16(18)13-15/h11-13H,3-10,18H2,1-2H3,(H,19,20). The van der Waals surface area contributed by atoms with E-state index >= 15 is 0 Å². The van der Waals surface area contributed by atoms with E-state index in [9.17, 15) is 4.79 Å². The number of nitrogens with one attached hydrogen (secondary N) is 1. The molecule has 0 unspecified atom stereocenters. The Bertz CT molecular complexity index is 415. The van der Waals surface area contributed by atoms with Gasteiger partial charge in [-0.25, -0.2) is 0 Å². The van der Waals surface area contributed by atoms with Gasteiger partial charge in [0, 0.05) is 17.8 Å². The van der Waals surface area contributed by atoms with Gasteiger partial charge in [0.1, 0.15) is 0 Å². The Balaban J connectivity index is 2.15. The first kappa shape index (κ1) is 16.5. The number of hydrogen-bond acceptors (Lipinski definition) is 2. The van der Waals surface area contributed by atoms with Crippen molar-refractivity contribution >= 4 is 17.3 Å². The maximum atomic E-state index is 11.8. The quantitative estimate of drug-likeness (QED) is 0.509. The van der Waals surface area contributed by atoms with E-state index in [-0.39, 0.29) is 5.91 Å². The van der Waals surface area contributed by atoms with Crippen molar-refractivity contribution in [1.29, 1.82) is 0 Å². The van der Waals surface area contributed by atoms with Gasteiger partial charge in [0.25, 0.3) is 0 Å². The smallest absolute Gasteiger partial charge is 0.224 e. The molecule has 0 fully saturated rings. The SMILES string of the molecule is CCCCCCCCCC(=O)Nc1ccc(C)c(N)c1. The number of hydrogen-bond donors (Lipinski definition) is 2. The fourth-order valence-electron chi connectivity index (χ4n) is 2.18. The molecule has 0 saturated carbocycles. The van der Waals surface area contributed by atoms with Crippen LogP contribution in [0.2, 0.25) is 0 Å². The first-order chi connectivity index (χ1) is 9.63. The Kier molecular flexibility index (Phi) is 7.78. The van der Waals surface area contributed by atoms with Crippen LogP contribution in [0.1, 0.15) is 63.9 Å². The monoisotopic (exact) mass is 276 g/mol. The third kappa shape index (κ3) is 6.60. The molecule has 0 aliphatic carbocycles. The third-order valence-electron chi connectivity index (χ3n) is 3.57. The van der Waals surface area contributed by atoms with Gasteiger partial charge in [0.2, 0.25) is 5.91 Å². The van der Waals surface area contributed by atoms with Crippen LogP contribution < -0.4 is 11.1 Å². The average molecular weight is 276 g/mol. The van der Waals surface area contributed by atoms with Crippen LogP contribution in [0.4, 0.5) is 11.4 Å². The number of nitrogen functional groups attached to an aromatic ring is 1. The number of unbranched alkanes of at least 4 members (excludes halogenated alkanes) is 6. The lowest BCUT2D eigenvalue weighted by Gasteiger charge is -2.07.